The molecule has 0 atom stereocenters. The Morgan fingerprint density at radius 2 is 1.03 bits per heavy atom. The Balaban J connectivity index is 1.74. The second kappa shape index (κ2) is 8.32. The average Bonchev–Trinajstić information content (AvgIpc) is 2.70. The molecule has 0 unspecified atom stereocenters. The molecule has 0 radical (unpaired) electrons. The van der Waals surface area contributed by atoms with E-state index < -0.39 is 0 Å². The summed E-state index contributed by atoms with van der Waals surface area (Å²) in [7, 11) is 0. The molecule has 3 aromatic rings. The van der Waals surface area contributed by atoms with Gasteiger partial charge in [0.2, 0.25) is 0 Å². The number of hydrogen-bond donors (Lipinski definition) is 0. The van der Waals surface area contributed by atoms with Gasteiger partial charge >= 0.3 is 0 Å². The van der Waals surface area contributed by atoms with Crippen LogP contribution in [0, 0.1) is 6.92 Å². The van der Waals surface area contributed by atoms with Gasteiger partial charge in [0.25, 0.3) is 0 Å². The molecule has 0 heterocycles. The molecule has 0 spiro atoms. The quantitative estimate of drug-likeness (QED) is 0.413. The maximum atomic E-state index is 6.09. The van der Waals surface area contributed by atoms with E-state index in [0.717, 1.165) is 23.7 Å². The highest BCUT2D eigenvalue weighted by Crippen LogP contribution is 2.34. The van der Waals surface area contributed by atoms with Crippen LogP contribution in [0.4, 0.5) is 0 Å². The molecule has 152 valence electrons. The van der Waals surface area contributed by atoms with Gasteiger partial charge in [-0.05, 0) is 74.7 Å². The molecular weight excluding hydrogens is 356 g/mol. The van der Waals surface area contributed by atoms with Crippen molar-refractivity contribution in [2.24, 2.45) is 0 Å². The van der Waals surface area contributed by atoms with Crippen molar-refractivity contribution in [2.45, 2.75) is 59.0 Å². The predicted molar refractivity (Wildman–Crippen MR) is 121 cm³/mol. The van der Waals surface area contributed by atoms with E-state index in [4.69, 9.17) is 9.47 Å². The van der Waals surface area contributed by atoms with Gasteiger partial charge in [0.05, 0.1) is 0 Å². The summed E-state index contributed by atoms with van der Waals surface area (Å²) in [6.45, 7) is 12.9. The molecule has 0 saturated heterocycles. The van der Waals surface area contributed by atoms with Crippen LogP contribution < -0.4 is 9.47 Å². The Morgan fingerprint density at radius 3 is 1.48 bits per heavy atom. The summed E-state index contributed by atoms with van der Waals surface area (Å²) in [5, 5.41) is 0. The fraction of sp³-hybridized carbons (Fsp3) is 0.333. The van der Waals surface area contributed by atoms with E-state index in [1.165, 1.54) is 16.7 Å². The molecule has 0 saturated carbocycles. The van der Waals surface area contributed by atoms with Gasteiger partial charge in [-0.2, -0.15) is 0 Å². The van der Waals surface area contributed by atoms with Gasteiger partial charge in [-0.25, -0.2) is 0 Å². The summed E-state index contributed by atoms with van der Waals surface area (Å²) in [4.78, 5) is 0. The summed E-state index contributed by atoms with van der Waals surface area (Å²) in [6, 6.07) is 25.0. The average molecular weight is 389 g/mol. The van der Waals surface area contributed by atoms with Crippen LogP contribution in [-0.2, 0) is 5.41 Å². The second-order valence-electron chi connectivity index (χ2n) is 8.80. The lowest BCUT2D eigenvalue weighted by Crippen LogP contribution is -2.26. The minimum absolute atomic E-state index is 0.110. The van der Waals surface area contributed by atoms with Gasteiger partial charge in [0.15, 0.2) is 0 Å². The van der Waals surface area contributed by atoms with Crippen LogP contribution in [0.3, 0.4) is 0 Å². The lowest BCUT2D eigenvalue weighted by atomic mass is 9.78. The molecule has 29 heavy (non-hydrogen) atoms. The van der Waals surface area contributed by atoms with Crippen molar-refractivity contribution in [3.05, 3.63) is 89.5 Å². The van der Waals surface area contributed by atoms with E-state index in [0.29, 0.717) is 0 Å². The number of hydrogen-bond acceptors (Lipinski definition) is 2. The van der Waals surface area contributed by atoms with Gasteiger partial charge in [-0.1, -0.05) is 62.7 Å². The first-order chi connectivity index (χ1) is 13.7. The Bertz CT molecular complexity index is 918. The van der Waals surface area contributed by atoms with Crippen molar-refractivity contribution in [3.8, 4) is 17.2 Å². The Kier molecular flexibility index (Phi) is 6.02. The van der Waals surface area contributed by atoms with Gasteiger partial charge in [0, 0.05) is 5.41 Å². The van der Waals surface area contributed by atoms with Crippen LogP contribution in [0.15, 0.2) is 72.8 Å². The highest BCUT2D eigenvalue weighted by molar-refractivity contribution is 5.43. The van der Waals surface area contributed by atoms with E-state index in [1.807, 2.05) is 24.3 Å². The van der Waals surface area contributed by atoms with Crippen LogP contribution >= 0.6 is 0 Å². The third kappa shape index (κ3) is 5.20. The lowest BCUT2D eigenvalue weighted by Gasteiger charge is -2.28. The number of benzene rings is 3. The van der Waals surface area contributed by atoms with E-state index >= 15 is 0 Å². The number of aryl methyl sites for hydroxylation is 1. The van der Waals surface area contributed by atoms with E-state index in [2.05, 4.69) is 90.1 Å². The maximum Gasteiger partial charge on any atom is 0.127 e. The second-order valence-corrected chi connectivity index (χ2v) is 8.80. The van der Waals surface area contributed by atoms with Crippen LogP contribution in [-0.4, -0.2) is 5.60 Å². The van der Waals surface area contributed by atoms with Crippen LogP contribution in [0.1, 0.15) is 57.7 Å². The molecule has 2 heteroatoms. The minimum Gasteiger partial charge on any atom is -0.488 e. The number of rotatable bonds is 7. The predicted octanol–water partition coefficient (Wildman–Crippen LogP) is 7.68. The molecular formula is C27H32O2. The minimum atomic E-state index is -0.148. The molecule has 0 aliphatic rings. The first-order valence-corrected chi connectivity index (χ1v) is 10.3. The zero-order valence-corrected chi connectivity index (χ0v) is 18.5. The van der Waals surface area contributed by atoms with E-state index in [9.17, 15) is 0 Å². The number of ether oxygens (including phenoxy) is 2. The molecule has 0 amide bonds. The third-order valence-corrected chi connectivity index (χ3v) is 5.65. The normalized spacial score (nSPS) is 11.9. The fourth-order valence-electron chi connectivity index (χ4n) is 3.18. The molecule has 0 aromatic heterocycles. The van der Waals surface area contributed by atoms with Gasteiger partial charge in [-0.3, -0.25) is 0 Å². The summed E-state index contributed by atoms with van der Waals surface area (Å²) in [6.07, 6.45) is 0.969. The summed E-state index contributed by atoms with van der Waals surface area (Å²) < 4.78 is 12.1. The molecule has 2 nitrogen and oxygen atoms in total. The van der Waals surface area contributed by atoms with Crippen molar-refractivity contribution < 1.29 is 9.47 Å². The Hall–Kier alpha value is -2.74. The summed E-state index contributed by atoms with van der Waals surface area (Å²) in [5.41, 5.74) is 3.47. The molecule has 0 bridgehead atoms. The largest absolute Gasteiger partial charge is 0.488 e. The van der Waals surface area contributed by atoms with Gasteiger partial charge < -0.3 is 9.47 Å². The summed E-state index contributed by atoms with van der Waals surface area (Å²) >= 11 is 0. The van der Waals surface area contributed by atoms with Crippen LogP contribution in [0.5, 0.6) is 17.2 Å². The smallest absolute Gasteiger partial charge is 0.127 e. The molecule has 0 N–H and O–H groups in total. The van der Waals surface area contributed by atoms with Gasteiger partial charge in [-0.15, -0.1) is 0 Å². The van der Waals surface area contributed by atoms with E-state index in [1.54, 1.807) is 0 Å². The molecule has 3 rings (SSSR count). The standard InChI is InChI=1S/C27H32O2/c1-7-26(3,4)29-25-18-12-22(13-19-25)27(5,6)21-10-16-24(17-11-21)28-23-14-8-20(2)9-15-23/h8-19H,7H2,1-6H3. The van der Waals surface area contributed by atoms with Gasteiger partial charge in [0.1, 0.15) is 22.8 Å². The molecule has 0 fully saturated rings. The fourth-order valence-corrected chi connectivity index (χ4v) is 3.18. The van der Waals surface area contributed by atoms with Crippen LogP contribution in [0.25, 0.3) is 0 Å². The highest BCUT2D eigenvalue weighted by atomic mass is 16.5. The van der Waals surface area contributed by atoms with Crippen molar-refractivity contribution in [1.82, 2.24) is 0 Å². The SMILES string of the molecule is CCC(C)(C)Oc1ccc(C(C)(C)c2ccc(Oc3ccc(C)cc3)cc2)cc1. The Morgan fingerprint density at radius 1 is 0.621 bits per heavy atom. The topological polar surface area (TPSA) is 18.5 Å². The maximum absolute atomic E-state index is 6.09. The molecule has 0 aliphatic carbocycles. The third-order valence-electron chi connectivity index (χ3n) is 5.65. The van der Waals surface area contributed by atoms with Crippen molar-refractivity contribution in [2.75, 3.05) is 0 Å². The first-order valence-electron chi connectivity index (χ1n) is 10.3. The van der Waals surface area contributed by atoms with Crippen molar-refractivity contribution >= 4 is 0 Å². The van der Waals surface area contributed by atoms with E-state index in [-0.39, 0.29) is 11.0 Å². The van der Waals surface area contributed by atoms with Crippen molar-refractivity contribution in [3.63, 3.8) is 0 Å². The highest BCUT2D eigenvalue weighted by Gasteiger charge is 2.24. The summed E-state index contributed by atoms with van der Waals surface area (Å²) in [5.74, 6) is 2.62. The molecule has 3 aromatic carbocycles. The Labute approximate surface area is 175 Å². The first kappa shape index (κ1) is 21.0. The lowest BCUT2D eigenvalue weighted by molar-refractivity contribution is 0.105. The zero-order chi connectivity index (χ0) is 21.1. The monoisotopic (exact) mass is 388 g/mol. The van der Waals surface area contributed by atoms with Crippen LogP contribution in [0.2, 0.25) is 0 Å². The van der Waals surface area contributed by atoms with Crippen molar-refractivity contribution in [1.29, 1.82) is 0 Å². The molecule has 0 aliphatic heterocycles. The zero-order valence-electron chi connectivity index (χ0n) is 18.5.